The van der Waals surface area contributed by atoms with Gasteiger partial charge in [-0.2, -0.15) is 5.10 Å². The molecule has 2 amide bonds. The van der Waals surface area contributed by atoms with Gasteiger partial charge in [-0.1, -0.05) is 18.2 Å². The Kier molecular flexibility index (Phi) is 8.66. The molecule has 3 aliphatic rings. The third-order valence-corrected chi connectivity index (χ3v) is 7.50. The van der Waals surface area contributed by atoms with Gasteiger partial charge >= 0.3 is 0 Å². The van der Waals surface area contributed by atoms with Gasteiger partial charge in [0.25, 0.3) is 11.8 Å². The zero-order chi connectivity index (χ0) is 27.4. The van der Waals surface area contributed by atoms with Crippen molar-refractivity contribution in [2.75, 3.05) is 26.7 Å². The highest BCUT2D eigenvalue weighted by Crippen LogP contribution is 2.27. The zero-order valence-electron chi connectivity index (χ0n) is 22.4. The van der Waals surface area contributed by atoms with Crippen molar-refractivity contribution in [3.05, 3.63) is 70.8 Å². The maximum Gasteiger partial charge on any atom is 0.256 e. The number of likely N-dealkylation sites (tertiary alicyclic amines) is 1. The molecule has 1 aromatic rings. The highest BCUT2D eigenvalue weighted by Gasteiger charge is 2.39. The standard InChI is InChI=1S/C29H37FN4O4/c1-5-21(38-22-7-6-8-22)15-23(18(2)3)26(32-31)14-19-9-10-25(30)24(13-19)28(35)34-16-20(17-34)33(4)29(36)27-11-12-37-27/h5,9-10,13,15,20,22,27H,1,6-8,11-12,14,16-17,31H2,2-4H3/b21-15+,32-26-. The largest absolute Gasteiger partial charge is 0.490 e. The Morgan fingerprint density at radius 3 is 2.53 bits per heavy atom. The summed E-state index contributed by atoms with van der Waals surface area (Å²) < 4.78 is 26.0. The average molecular weight is 525 g/mol. The lowest BCUT2D eigenvalue weighted by Gasteiger charge is -2.45. The summed E-state index contributed by atoms with van der Waals surface area (Å²) in [5.74, 6) is 5.38. The van der Waals surface area contributed by atoms with E-state index in [1.165, 1.54) is 6.07 Å². The highest BCUT2D eigenvalue weighted by molar-refractivity contribution is 6.04. The molecule has 2 heterocycles. The van der Waals surface area contributed by atoms with Gasteiger partial charge in [0, 0.05) is 38.6 Å². The number of hydrogen-bond acceptors (Lipinski definition) is 6. The van der Waals surface area contributed by atoms with Crippen LogP contribution in [0.3, 0.4) is 0 Å². The quantitative estimate of drug-likeness (QED) is 0.165. The molecule has 3 fully saturated rings. The molecule has 2 saturated heterocycles. The number of benzene rings is 1. The number of carbonyl (C=O) groups is 2. The molecule has 2 N–H and O–H groups in total. The minimum Gasteiger partial charge on any atom is -0.490 e. The number of nitrogens with two attached hydrogens (primary N) is 1. The maximum atomic E-state index is 14.7. The number of hydrogen-bond donors (Lipinski definition) is 1. The highest BCUT2D eigenvalue weighted by atomic mass is 19.1. The van der Waals surface area contributed by atoms with Crippen molar-refractivity contribution in [1.82, 2.24) is 9.80 Å². The van der Waals surface area contributed by atoms with Crippen molar-refractivity contribution in [3.8, 4) is 0 Å². The fraction of sp³-hybridized carbons (Fsp3) is 0.483. The lowest BCUT2D eigenvalue weighted by atomic mass is 9.95. The first-order chi connectivity index (χ1) is 18.2. The van der Waals surface area contributed by atoms with E-state index >= 15 is 0 Å². The van der Waals surface area contributed by atoms with E-state index in [0.29, 0.717) is 43.2 Å². The van der Waals surface area contributed by atoms with Crippen LogP contribution in [-0.4, -0.2) is 72.3 Å². The van der Waals surface area contributed by atoms with Gasteiger partial charge in [0.15, 0.2) is 0 Å². The minimum atomic E-state index is -0.592. The van der Waals surface area contributed by atoms with E-state index < -0.39 is 11.7 Å². The number of amides is 2. The number of carbonyl (C=O) groups excluding carboxylic acids is 2. The summed E-state index contributed by atoms with van der Waals surface area (Å²) in [6, 6.07) is 4.38. The van der Waals surface area contributed by atoms with Crippen molar-refractivity contribution in [2.45, 2.75) is 64.2 Å². The molecule has 1 aliphatic carbocycles. The molecule has 9 heteroatoms. The second kappa shape index (κ2) is 11.9. The average Bonchev–Trinajstić information content (AvgIpc) is 2.80. The number of nitrogens with zero attached hydrogens (tertiary/aromatic N) is 3. The Morgan fingerprint density at radius 2 is 2.00 bits per heavy atom. The van der Waals surface area contributed by atoms with Gasteiger partial charge in [0.1, 0.15) is 17.7 Å². The molecule has 4 rings (SSSR count). The van der Waals surface area contributed by atoms with Crippen LogP contribution < -0.4 is 5.84 Å². The molecule has 1 aromatic carbocycles. The Morgan fingerprint density at radius 1 is 1.29 bits per heavy atom. The fourth-order valence-electron chi connectivity index (χ4n) is 4.60. The predicted molar refractivity (Wildman–Crippen MR) is 144 cm³/mol. The van der Waals surface area contributed by atoms with Crippen LogP contribution >= 0.6 is 0 Å². The fourth-order valence-corrected chi connectivity index (χ4v) is 4.60. The lowest BCUT2D eigenvalue weighted by molar-refractivity contribution is -0.159. The molecule has 1 saturated carbocycles. The van der Waals surface area contributed by atoms with E-state index in [9.17, 15) is 14.0 Å². The van der Waals surface area contributed by atoms with E-state index in [-0.39, 0.29) is 29.7 Å². The second-order valence-electron chi connectivity index (χ2n) is 10.4. The van der Waals surface area contributed by atoms with Crippen LogP contribution in [0.2, 0.25) is 0 Å². The summed E-state index contributed by atoms with van der Waals surface area (Å²) in [4.78, 5) is 28.7. The topological polar surface area (TPSA) is 97.5 Å². The SMILES string of the molecule is C=C/C(=C\C(=C(C)C)/C(Cc1ccc(F)c(C(=O)N2CC(N(C)C(=O)C3CCO3)C2)c1)=N\N)OC1CCC1. The van der Waals surface area contributed by atoms with E-state index in [4.69, 9.17) is 15.3 Å². The smallest absolute Gasteiger partial charge is 0.256 e. The summed E-state index contributed by atoms with van der Waals surface area (Å²) in [5, 5.41) is 4.02. The van der Waals surface area contributed by atoms with Gasteiger partial charge < -0.3 is 25.1 Å². The van der Waals surface area contributed by atoms with E-state index in [0.717, 1.165) is 36.8 Å². The minimum absolute atomic E-state index is 0.0111. The van der Waals surface area contributed by atoms with Crippen molar-refractivity contribution in [1.29, 1.82) is 0 Å². The molecule has 0 spiro atoms. The summed E-state index contributed by atoms with van der Waals surface area (Å²) in [5.41, 5.74) is 3.09. The van der Waals surface area contributed by atoms with Gasteiger partial charge in [-0.05, 0) is 63.0 Å². The Labute approximate surface area is 223 Å². The first-order valence-corrected chi connectivity index (χ1v) is 13.1. The number of allylic oxidation sites excluding steroid dienone is 4. The van der Waals surface area contributed by atoms with Crippen molar-refractivity contribution in [3.63, 3.8) is 0 Å². The van der Waals surface area contributed by atoms with Gasteiger partial charge in [-0.3, -0.25) is 9.59 Å². The third kappa shape index (κ3) is 5.99. The first kappa shape index (κ1) is 27.6. The van der Waals surface area contributed by atoms with Gasteiger partial charge in [-0.25, -0.2) is 4.39 Å². The monoisotopic (exact) mass is 524 g/mol. The molecule has 0 bridgehead atoms. The van der Waals surface area contributed by atoms with Crippen LogP contribution in [0.4, 0.5) is 4.39 Å². The number of rotatable bonds is 10. The van der Waals surface area contributed by atoms with Crippen LogP contribution in [0, 0.1) is 5.82 Å². The molecule has 1 unspecified atom stereocenters. The number of hydrazone groups is 1. The van der Waals surface area contributed by atoms with Crippen molar-refractivity contribution >= 4 is 17.5 Å². The summed E-state index contributed by atoms with van der Waals surface area (Å²) >= 11 is 0. The van der Waals surface area contributed by atoms with Gasteiger partial charge in [0.05, 0.1) is 30.0 Å². The molecular weight excluding hydrogens is 487 g/mol. The van der Waals surface area contributed by atoms with E-state index in [1.807, 2.05) is 19.9 Å². The molecule has 0 aromatic heterocycles. The Balaban J connectivity index is 1.44. The molecular formula is C29H37FN4O4. The third-order valence-electron chi connectivity index (χ3n) is 7.50. The molecule has 1 atom stereocenters. The normalized spacial score (nSPS) is 20.1. The van der Waals surface area contributed by atoms with Crippen LogP contribution in [0.15, 0.2) is 58.9 Å². The van der Waals surface area contributed by atoms with Crippen LogP contribution in [0.5, 0.6) is 0 Å². The molecule has 2 aliphatic heterocycles. The van der Waals surface area contributed by atoms with Gasteiger partial charge in [-0.15, -0.1) is 0 Å². The zero-order valence-corrected chi connectivity index (χ0v) is 22.4. The van der Waals surface area contributed by atoms with E-state index in [2.05, 4.69) is 11.7 Å². The summed E-state index contributed by atoms with van der Waals surface area (Å²) in [7, 11) is 1.72. The molecule has 8 nitrogen and oxygen atoms in total. The van der Waals surface area contributed by atoms with Crippen LogP contribution in [0.1, 0.15) is 55.5 Å². The molecule has 0 radical (unpaired) electrons. The number of ether oxygens (including phenoxy) is 2. The predicted octanol–water partition coefficient (Wildman–Crippen LogP) is 3.73. The molecule has 204 valence electrons. The van der Waals surface area contributed by atoms with E-state index in [1.54, 1.807) is 35.1 Å². The molecule has 38 heavy (non-hydrogen) atoms. The first-order valence-electron chi connectivity index (χ1n) is 13.1. The number of halogens is 1. The van der Waals surface area contributed by atoms with Crippen LogP contribution in [0.25, 0.3) is 0 Å². The summed E-state index contributed by atoms with van der Waals surface area (Å²) in [6.07, 6.45) is 7.62. The Bertz CT molecular complexity index is 1170. The summed E-state index contributed by atoms with van der Waals surface area (Å²) in [6.45, 7) is 9.09. The lowest BCUT2D eigenvalue weighted by Crippen LogP contribution is -2.63. The maximum absolute atomic E-state index is 14.7. The van der Waals surface area contributed by atoms with Crippen molar-refractivity contribution in [2.24, 2.45) is 10.9 Å². The second-order valence-corrected chi connectivity index (χ2v) is 10.4. The van der Waals surface area contributed by atoms with Gasteiger partial charge in [0.2, 0.25) is 0 Å². The van der Waals surface area contributed by atoms with Crippen LogP contribution in [-0.2, 0) is 20.7 Å². The van der Waals surface area contributed by atoms with Crippen molar-refractivity contribution < 1.29 is 23.5 Å². The number of likely N-dealkylation sites (N-methyl/N-ethyl adjacent to an activating group) is 1. The Hall–Kier alpha value is -3.46.